The third-order valence-electron chi connectivity index (χ3n) is 5.79. The molecular formula is C23H19ClF3N3O3S. The SMILES string of the molecule is C=CC(=O)N1Cc2sc(Cl)cc2[C@H](c2ccccc2-c2cn(C(C)C(=O)O)nc2C(F)(F)F)C1. The van der Waals surface area contributed by atoms with Crippen LogP contribution in [0.2, 0.25) is 4.34 Å². The van der Waals surface area contributed by atoms with Crippen LogP contribution in [0.5, 0.6) is 0 Å². The van der Waals surface area contributed by atoms with Gasteiger partial charge in [0.1, 0.15) is 6.04 Å². The van der Waals surface area contributed by atoms with Gasteiger partial charge in [-0.25, -0.2) is 4.79 Å². The first-order valence-electron chi connectivity index (χ1n) is 10.2. The molecule has 2 aromatic heterocycles. The first-order chi connectivity index (χ1) is 16.0. The maximum atomic E-state index is 13.9. The Morgan fingerprint density at radius 1 is 1.29 bits per heavy atom. The Labute approximate surface area is 201 Å². The minimum atomic E-state index is -4.81. The molecule has 1 aromatic carbocycles. The molecule has 1 unspecified atom stereocenters. The largest absolute Gasteiger partial charge is 0.480 e. The lowest BCUT2D eigenvalue weighted by molar-refractivity contribution is -0.144. The van der Waals surface area contributed by atoms with Gasteiger partial charge in [-0.05, 0) is 35.8 Å². The molecule has 3 heterocycles. The van der Waals surface area contributed by atoms with Gasteiger partial charge in [-0.2, -0.15) is 18.3 Å². The highest BCUT2D eigenvalue weighted by Gasteiger charge is 2.40. The highest BCUT2D eigenvalue weighted by atomic mass is 35.5. The predicted molar refractivity (Wildman–Crippen MR) is 122 cm³/mol. The van der Waals surface area contributed by atoms with Gasteiger partial charge >= 0.3 is 12.1 Å². The van der Waals surface area contributed by atoms with Crippen molar-refractivity contribution in [3.8, 4) is 11.1 Å². The van der Waals surface area contributed by atoms with Gasteiger partial charge < -0.3 is 10.0 Å². The van der Waals surface area contributed by atoms with Crippen molar-refractivity contribution >= 4 is 34.8 Å². The molecule has 0 saturated heterocycles. The molecule has 4 rings (SSSR count). The Hall–Kier alpha value is -3.11. The van der Waals surface area contributed by atoms with E-state index in [1.54, 1.807) is 35.2 Å². The fraction of sp³-hybridized carbons (Fsp3) is 0.261. The Balaban J connectivity index is 1.90. The Kier molecular flexibility index (Phi) is 6.30. The van der Waals surface area contributed by atoms with Crippen molar-refractivity contribution in [2.45, 2.75) is 31.6 Å². The number of thiophene rings is 1. The van der Waals surface area contributed by atoms with Gasteiger partial charge in [-0.3, -0.25) is 9.48 Å². The van der Waals surface area contributed by atoms with E-state index in [2.05, 4.69) is 11.7 Å². The number of benzene rings is 1. The van der Waals surface area contributed by atoms with Crippen LogP contribution < -0.4 is 0 Å². The van der Waals surface area contributed by atoms with E-state index in [9.17, 15) is 27.9 Å². The van der Waals surface area contributed by atoms with E-state index in [0.29, 0.717) is 16.4 Å². The lowest BCUT2D eigenvalue weighted by atomic mass is 9.84. The zero-order chi connectivity index (χ0) is 24.8. The summed E-state index contributed by atoms with van der Waals surface area (Å²) in [6, 6.07) is 7.04. The first-order valence-corrected chi connectivity index (χ1v) is 11.4. The van der Waals surface area contributed by atoms with Crippen molar-refractivity contribution in [3.05, 3.63) is 75.2 Å². The number of hydrogen-bond donors (Lipinski definition) is 1. The number of carbonyl (C=O) groups is 2. The molecule has 0 bridgehead atoms. The zero-order valence-electron chi connectivity index (χ0n) is 17.8. The lowest BCUT2D eigenvalue weighted by Crippen LogP contribution is -2.37. The Morgan fingerprint density at radius 3 is 2.65 bits per heavy atom. The van der Waals surface area contributed by atoms with Crippen molar-refractivity contribution in [1.29, 1.82) is 0 Å². The summed E-state index contributed by atoms with van der Waals surface area (Å²) in [6.07, 6.45) is -2.50. The van der Waals surface area contributed by atoms with Crippen LogP contribution in [0.15, 0.2) is 49.2 Å². The minimum Gasteiger partial charge on any atom is -0.480 e. The highest BCUT2D eigenvalue weighted by molar-refractivity contribution is 7.16. The lowest BCUT2D eigenvalue weighted by Gasteiger charge is -2.33. The highest BCUT2D eigenvalue weighted by Crippen LogP contribution is 2.45. The first kappa shape index (κ1) is 24.0. The van der Waals surface area contributed by atoms with Crippen LogP contribution in [0.1, 0.15) is 40.6 Å². The number of carboxylic acid groups (broad SMARTS) is 1. The molecular weight excluding hydrogens is 491 g/mol. The Bertz CT molecular complexity index is 1280. The number of nitrogens with zero attached hydrogens (tertiary/aromatic N) is 3. The summed E-state index contributed by atoms with van der Waals surface area (Å²) < 4.78 is 43.1. The quantitative estimate of drug-likeness (QED) is 0.455. The maximum Gasteiger partial charge on any atom is 0.435 e. The van der Waals surface area contributed by atoms with Gasteiger partial charge in [0.15, 0.2) is 5.69 Å². The molecule has 0 spiro atoms. The Morgan fingerprint density at radius 2 is 2.00 bits per heavy atom. The molecule has 3 aromatic rings. The van der Waals surface area contributed by atoms with Crippen LogP contribution in [0.4, 0.5) is 13.2 Å². The van der Waals surface area contributed by atoms with Crippen LogP contribution in [-0.2, 0) is 22.3 Å². The third-order valence-corrected chi connectivity index (χ3v) is 7.06. The second-order valence-electron chi connectivity index (χ2n) is 7.88. The molecule has 1 amide bonds. The van der Waals surface area contributed by atoms with Crippen LogP contribution in [0.3, 0.4) is 0 Å². The van der Waals surface area contributed by atoms with Crippen LogP contribution >= 0.6 is 22.9 Å². The van der Waals surface area contributed by atoms with Crippen molar-refractivity contribution in [1.82, 2.24) is 14.7 Å². The number of hydrogen-bond acceptors (Lipinski definition) is 4. The van der Waals surface area contributed by atoms with E-state index in [0.717, 1.165) is 21.3 Å². The molecule has 2 atom stereocenters. The molecule has 6 nitrogen and oxygen atoms in total. The van der Waals surface area contributed by atoms with Crippen molar-refractivity contribution in [2.24, 2.45) is 0 Å². The van der Waals surface area contributed by atoms with Crippen LogP contribution in [-0.4, -0.2) is 38.2 Å². The summed E-state index contributed by atoms with van der Waals surface area (Å²) in [6.45, 7) is 5.35. The van der Waals surface area contributed by atoms with Gasteiger partial charge in [0.05, 0.1) is 10.9 Å². The molecule has 0 radical (unpaired) electrons. The smallest absolute Gasteiger partial charge is 0.435 e. The van der Waals surface area contributed by atoms with Crippen molar-refractivity contribution in [3.63, 3.8) is 0 Å². The fourth-order valence-corrected chi connectivity index (χ4v) is 5.46. The average molecular weight is 510 g/mol. The topological polar surface area (TPSA) is 75.4 Å². The van der Waals surface area contributed by atoms with Gasteiger partial charge in [-0.15, -0.1) is 11.3 Å². The molecule has 1 aliphatic heterocycles. The van der Waals surface area contributed by atoms with Gasteiger partial charge in [-0.1, -0.05) is 42.4 Å². The van der Waals surface area contributed by atoms with E-state index < -0.39 is 29.8 Å². The van der Waals surface area contributed by atoms with Crippen LogP contribution in [0, 0.1) is 0 Å². The summed E-state index contributed by atoms with van der Waals surface area (Å²) in [7, 11) is 0. The molecule has 0 fully saturated rings. The fourth-order valence-electron chi connectivity index (χ4n) is 4.10. The summed E-state index contributed by atoms with van der Waals surface area (Å²) in [4.78, 5) is 26.2. The number of amides is 1. The number of alkyl halides is 3. The second-order valence-corrected chi connectivity index (χ2v) is 9.64. The van der Waals surface area contributed by atoms with E-state index in [1.165, 1.54) is 24.3 Å². The second kappa shape index (κ2) is 8.92. The van der Waals surface area contributed by atoms with Gasteiger partial charge in [0.2, 0.25) is 5.91 Å². The molecule has 0 saturated carbocycles. The molecule has 178 valence electrons. The summed E-state index contributed by atoms with van der Waals surface area (Å²) >= 11 is 7.57. The predicted octanol–water partition coefficient (Wildman–Crippen LogP) is 5.59. The van der Waals surface area contributed by atoms with Crippen molar-refractivity contribution < 1.29 is 27.9 Å². The van der Waals surface area contributed by atoms with E-state index in [1.807, 2.05) is 0 Å². The number of aromatic nitrogens is 2. The molecule has 34 heavy (non-hydrogen) atoms. The number of aliphatic carboxylic acids is 1. The van der Waals surface area contributed by atoms with Gasteiger partial charge in [0, 0.05) is 29.1 Å². The maximum absolute atomic E-state index is 13.9. The monoisotopic (exact) mass is 509 g/mol. The number of halogens is 4. The van der Waals surface area contributed by atoms with Gasteiger partial charge in [0.25, 0.3) is 0 Å². The number of rotatable bonds is 5. The normalized spacial score (nSPS) is 16.7. The molecule has 1 N–H and O–H groups in total. The van der Waals surface area contributed by atoms with E-state index in [4.69, 9.17) is 11.6 Å². The molecule has 0 aliphatic carbocycles. The molecule has 11 heteroatoms. The standard InChI is InChI=1S/C23H19ClF3N3O3S/c1-3-20(31)29-9-16(15-8-19(24)34-18(15)11-29)13-6-4-5-7-14(13)17-10-30(12(2)22(32)33)28-21(17)23(25,26)27/h3-8,10,12,16H,1,9,11H2,2H3,(H,32,33)/t12?,16-/m0/s1. The summed E-state index contributed by atoms with van der Waals surface area (Å²) in [5, 5.41) is 12.9. The zero-order valence-corrected chi connectivity index (χ0v) is 19.4. The van der Waals surface area contributed by atoms with Crippen LogP contribution in [0.25, 0.3) is 11.1 Å². The number of carboxylic acids is 1. The van der Waals surface area contributed by atoms with E-state index >= 15 is 0 Å². The number of fused-ring (bicyclic) bond motifs is 1. The number of carbonyl (C=O) groups excluding carboxylic acids is 1. The average Bonchev–Trinajstić information content (AvgIpc) is 3.40. The summed E-state index contributed by atoms with van der Waals surface area (Å²) in [5.41, 5.74) is 0.241. The molecule has 1 aliphatic rings. The minimum absolute atomic E-state index is 0.225. The third kappa shape index (κ3) is 4.35. The van der Waals surface area contributed by atoms with Crippen molar-refractivity contribution in [2.75, 3.05) is 6.54 Å². The summed E-state index contributed by atoms with van der Waals surface area (Å²) in [5.74, 6) is -2.05. The van der Waals surface area contributed by atoms with E-state index in [-0.39, 0.29) is 23.6 Å².